The molecule has 2 atom stereocenters. The van der Waals surface area contributed by atoms with E-state index >= 15 is 0 Å². The van der Waals surface area contributed by atoms with Crippen LogP contribution in [-0.4, -0.2) is 33.1 Å². The SMILES string of the molecule is Cc1cc(C(O)C(O)CCO)ccc1O. The monoisotopic (exact) mass is 212 g/mol. The number of phenols is 1. The fraction of sp³-hybridized carbons (Fsp3) is 0.455. The van der Waals surface area contributed by atoms with Gasteiger partial charge < -0.3 is 20.4 Å². The van der Waals surface area contributed by atoms with Gasteiger partial charge in [-0.1, -0.05) is 6.07 Å². The summed E-state index contributed by atoms with van der Waals surface area (Å²) in [4.78, 5) is 0. The van der Waals surface area contributed by atoms with Crippen molar-refractivity contribution in [3.63, 3.8) is 0 Å². The first kappa shape index (κ1) is 12.0. The fourth-order valence-electron chi connectivity index (χ4n) is 1.37. The van der Waals surface area contributed by atoms with Crippen LogP contribution in [0.3, 0.4) is 0 Å². The second-order valence-electron chi connectivity index (χ2n) is 3.57. The van der Waals surface area contributed by atoms with Gasteiger partial charge in [0.05, 0.1) is 6.10 Å². The Morgan fingerprint density at radius 1 is 1.27 bits per heavy atom. The molecule has 0 spiro atoms. The van der Waals surface area contributed by atoms with E-state index < -0.39 is 12.2 Å². The Labute approximate surface area is 88.4 Å². The summed E-state index contributed by atoms with van der Waals surface area (Å²) >= 11 is 0. The Morgan fingerprint density at radius 3 is 2.47 bits per heavy atom. The molecule has 4 N–H and O–H groups in total. The number of aliphatic hydroxyl groups is 3. The summed E-state index contributed by atoms with van der Waals surface area (Å²) in [5.41, 5.74) is 1.17. The molecule has 0 aromatic heterocycles. The minimum absolute atomic E-state index is 0.126. The molecule has 0 saturated heterocycles. The first-order valence-electron chi connectivity index (χ1n) is 4.82. The fourth-order valence-corrected chi connectivity index (χ4v) is 1.37. The lowest BCUT2D eigenvalue weighted by atomic mass is 10.0. The first-order valence-corrected chi connectivity index (χ1v) is 4.82. The number of hydrogen-bond acceptors (Lipinski definition) is 4. The predicted molar refractivity (Wildman–Crippen MR) is 55.5 cm³/mol. The van der Waals surface area contributed by atoms with Crippen molar-refractivity contribution in [2.75, 3.05) is 6.61 Å². The molecule has 1 rings (SSSR count). The minimum atomic E-state index is -1.03. The molecule has 0 heterocycles. The normalized spacial score (nSPS) is 14.9. The van der Waals surface area contributed by atoms with Gasteiger partial charge in [-0.15, -0.1) is 0 Å². The van der Waals surface area contributed by atoms with Crippen molar-refractivity contribution >= 4 is 0 Å². The van der Waals surface area contributed by atoms with Crippen LogP contribution in [0, 0.1) is 6.92 Å². The minimum Gasteiger partial charge on any atom is -0.508 e. The molecule has 1 aromatic rings. The summed E-state index contributed by atoms with van der Waals surface area (Å²) in [6, 6.07) is 4.63. The number of aryl methyl sites for hydroxylation is 1. The molecule has 0 aliphatic carbocycles. The molecule has 0 bridgehead atoms. The van der Waals surface area contributed by atoms with Gasteiger partial charge in [-0.05, 0) is 36.6 Å². The van der Waals surface area contributed by atoms with Gasteiger partial charge in [0.25, 0.3) is 0 Å². The van der Waals surface area contributed by atoms with E-state index in [2.05, 4.69) is 0 Å². The highest BCUT2D eigenvalue weighted by molar-refractivity contribution is 5.36. The smallest absolute Gasteiger partial charge is 0.118 e. The summed E-state index contributed by atoms with van der Waals surface area (Å²) in [5, 5.41) is 37.1. The van der Waals surface area contributed by atoms with E-state index in [1.165, 1.54) is 6.07 Å². The highest BCUT2D eigenvalue weighted by Gasteiger charge is 2.18. The quantitative estimate of drug-likeness (QED) is 0.585. The highest BCUT2D eigenvalue weighted by atomic mass is 16.3. The van der Waals surface area contributed by atoms with Crippen molar-refractivity contribution < 1.29 is 20.4 Å². The summed E-state index contributed by atoms with van der Waals surface area (Å²) in [6.07, 6.45) is -1.89. The molecule has 4 nitrogen and oxygen atoms in total. The van der Waals surface area contributed by atoms with Crippen LogP contribution in [0.5, 0.6) is 5.75 Å². The van der Waals surface area contributed by atoms with Crippen LogP contribution < -0.4 is 0 Å². The van der Waals surface area contributed by atoms with E-state index in [0.29, 0.717) is 11.1 Å². The van der Waals surface area contributed by atoms with Crippen molar-refractivity contribution in [1.29, 1.82) is 0 Å². The summed E-state index contributed by atoms with van der Waals surface area (Å²) in [7, 11) is 0. The molecule has 0 radical (unpaired) electrons. The van der Waals surface area contributed by atoms with Gasteiger partial charge in [0.2, 0.25) is 0 Å². The number of hydrogen-bond donors (Lipinski definition) is 4. The number of aliphatic hydroxyl groups excluding tert-OH is 3. The van der Waals surface area contributed by atoms with Crippen LogP contribution in [0.25, 0.3) is 0 Å². The van der Waals surface area contributed by atoms with Gasteiger partial charge in [-0.25, -0.2) is 0 Å². The molecular formula is C11H16O4. The third-order valence-electron chi connectivity index (χ3n) is 2.35. The van der Waals surface area contributed by atoms with Gasteiger partial charge in [0.15, 0.2) is 0 Å². The zero-order valence-electron chi connectivity index (χ0n) is 8.59. The molecule has 0 fully saturated rings. The Kier molecular flexibility index (Phi) is 4.08. The molecule has 15 heavy (non-hydrogen) atoms. The maximum Gasteiger partial charge on any atom is 0.118 e. The number of benzene rings is 1. The summed E-state index contributed by atoms with van der Waals surface area (Å²) < 4.78 is 0. The van der Waals surface area contributed by atoms with Gasteiger partial charge in [0, 0.05) is 6.61 Å². The molecule has 0 saturated carbocycles. The molecule has 84 valence electrons. The van der Waals surface area contributed by atoms with E-state index in [1.807, 2.05) is 0 Å². The Bertz CT molecular complexity index is 324. The number of aromatic hydroxyl groups is 1. The topological polar surface area (TPSA) is 80.9 Å². The molecule has 0 amide bonds. The molecule has 0 aliphatic rings. The van der Waals surface area contributed by atoms with E-state index in [9.17, 15) is 15.3 Å². The zero-order valence-corrected chi connectivity index (χ0v) is 8.59. The molecular weight excluding hydrogens is 196 g/mol. The lowest BCUT2D eigenvalue weighted by Crippen LogP contribution is -2.19. The third kappa shape index (κ3) is 2.92. The van der Waals surface area contributed by atoms with Gasteiger partial charge in [-0.3, -0.25) is 0 Å². The van der Waals surface area contributed by atoms with E-state index in [-0.39, 0.29) is 18.8 Å². The maximum atomic E-state index is 9.69. The molecule has 0 aliphatic heterocycles. The predicted octanol–water partition coefficient (Wildman–Crippen LogP) is 0.477. The zero-order chi connectivity index (χ0) is 11.4. The number of rotatable bonds is 4. The van der Waals surface area contributed by atoms with Crippen LogP contribution in [-0.2, 0) is 0 Å². The van der Waals surface area contributed by atoms with E-state index in [1.54, 1.807) is 19.1 Å². The summed E-state index contributed by atoms with van der Waals surface area (Å²) in [6.45, 7) is 1.54. The van der Waals surface area contributed by atoms with E-state index in [0.717, 1.165) is 0 Å². The second-order valence-corrected chi connectivity index (χ2v) is 3.57. The van der Waals surface area contributed by atoms with Gasteiger partial charge in [-0.2, -0.15) is 0 Å². The van der Waals surface area contributed by atoms with Crippen LogP contribution in [0.1, 0.15) is 23.7 Å². The van der Waals surface area contributed by atoms with Crippen LogP contribution >= 0.6 is 0 Å². The first-order chi connectivity index (χ1) is 7.06. The standard InChI is InChI=1S/C11H16O4/c1-7-6-8(2-3-9(7)13)11(15)10(14)4-5-12/h2-3,6,10-15H,4-5H2,1H3. The van der Waals surface area contributed by atoms with Gasteiger partial charge >= 0.3 is 0 Å². The average Bonchev–Trinajstić information content (AvgIpc) is 2.21. The van der Waals surface area contributed by atoms with Crippen LogP contribution in [0.15, 0.2) is 18.2 Å². The van der Waals surface area contributed by atoms with Crippen molar-refractivity contribution in [2.45, 2.75) is 25.6 Å². The largest absolute Gasteiger partial charge is 0.508 e. The molecule has 2 unspecified atom stereocenters. The molecule has 4 heteroatoms. The Hall–Kier alpha value is -1.10. The molecule has 1 aromatic carbocycles. The Morgan fingerprint density at radius 2 is 1.93 bits per heavy atom. The van der Waals surface area contributed by atoms with Crippen molar-refractivity contribution in [3.05, 3.63) is 29.3 Å². The van der Waals surface area contributed by atoms with Crippen LogP contribution in [0.2, 0.25) is 0 Å². The maximum absolute atomic E-state index is 9.69. The average molecular weight is 212 g/mol. The lowest BCUT2D eigenvalue weighted by Gasteiger charge is -2.17. The second kappa shape index (κ2) is 5.11. The van der Waals surface area contributed by atoms with Gasteiger partial charge in [0.1, 0.15) is 11.9 Å². The summed E-state index contributed by atoms with van der Waals surface area (Å²) in [5.74, 6) is 0.155. The third-order valence-corrected chi connectivity index (χ3v) is 2.35. The number of phenolic OH excluding ortho intramolecular Hbond substituents is 1. The Balaban J connectivity index is 2.81. The van der Waals surface area contributed by atoms with Crippen molar-refractivity contribution in [2.24, 2.45) is 0 Å². The van der Waals surface area contributed by atoms with Crippen LogP contribution in [0.4, 0.5) is 0 Å². The highest BCUT2D eigenvalue weighted by Crippen LogP contribution is 2.24. The lowest BCUT2D eigenvalue weighted by molar-refractivity contribution is 0.00417. The van der Waals surface area contributed by atoms with E-state index in [4.69, 9.17) is 5.11 Å². The van der Waals surface area contributed by atoms with Crippen molar-refractivity contribution in [3.8, 4) is 5.75 Å². The van der Waals surface area contributed by atoms with Crippen molar-refractivity contribution in [1.82, 2.24) is 0 Å².